The van der Waals surface area contributed by atoms with Crippen molar-refractivity contribution >= 4 is 44.2 Å². The highest BCUT2D eigenvalue weighted by Gasteiger charge is 2.37. The van der Waals surface area contributed by atoms with Crippen molar-refractivity contribution in [2.45, 2.75) is 19.6 Å². The maximum Gasteiger partial charge on any atom is 0.213 e. The Kier molecular flexibility index (Phi) is 2.84. The fourth-order valence-corrected chi connectivity index (χ4v) is 6.21. The van der Waals surface area contributed by atoms with Gasteiger partial charge < -0.3 is 0 Å². The first-order valence-electron chi connectivity index (χ1n) is 4.73. The molecule has 0 aliphatic carbocycles. The predicted molar refractivity (Wildman–Crippen MR) is 71.8 cm³/mol. The second-order valence-corrected chi connectivity index (χ2v) is 7.15. The molecule has 0 aromatic heterocycles. The van der Waals surface area contributed by atoms with Gasteiger partial charge in [0.05, 0.1) is 14.8 Å². The average Bonchev–Trinajstić information content (AvgIpc) is 2.29. The van der Waals surface area contributed by atoms with Crippen LogP contribution >= 0.6 is 34.0 Å². The number of benzene rings is 2. The van der Waals surface area contributed by atoms with Crippen LogP contribution in [0.25, 0.3) is 0 Å². The van der Waals surface area contributed by atoms with E-state index in [1.54, 1.807) is 11.8 Å². The number of halogens is 2. The molecule has 0 amide bonds. The van der Waals surface area contributed by atoms with E-state index in [0.717, 1.165) is 9.92 Å². The summed E-state index contributed by atoms with van der Waals surface area (Å²) in [7, 11) is 6.08. The van der Waals surface area contributed by atoms with Gasteiger partial charge in [-0.2, -0.15) is 0 Å². The molecule has 3 rings (SSSR count). The van der Waals surface area contributed by atoms with Gasteiger partial charge in [-0.1, -0.05) is 41.6 Å². The molecular formula is C12H7Cl2S2+. The van der Waals surface area contributed by atoms with E-state index in [2.05, 4.69) is 18.2 Å². The summed E-state index contributed by atoms with van der Waals surface area (Å²) in [6.07, 6.45) is 0. The van der Waals surface area contributed by atoms with Gasteiger partial charge in [0.1, 0.15) is 0 Å². The second-order valence-electron chi connectivity index (χ2n) is 3.37. The summed E-state index contributed by atoms with van der Waals surface area (Å²) in [6, 6.07) is 14.2. The minimum Gasteiger partial charge on any atom is -0.0793 e. The highest BCUT2D eigenvalue weighted by atomic mass is 35.7. The van der Waals surface area contributed by atoms with Gasteiger partial charge in [-0.25, -0.2) is 0 Å². The Hall–Kier alpha value is -0.280. The van der Waals surface area contributed by atoms with E-state index < -0.39 is 10.1 Å². The smallest absolute Gasteiger partial charge is 0.0793 e. The molecule has 1 aliphatic heterocycles. The minimum atomic E-state index is -0.432. The number of hydrogen-bond acceptors (Lipinski definition) is 1. The number of rotatable bonds is 0. The van der Waals surface area contributed by atoms with E-state index >= 15 is 0 Å². The summed E-state index contributed by atoms with van der Waals surface area (Å²) in [5.41, 5.74) is 0. The largest absolute Gasteiger partial charge is 0.213 e. The van der Waals surface area contributed by atoms with Crippen LogP contribution in [0.2, 0.25) is 5.02 Å². The molecule has 2 aromatic carbocycles. The first kappa shape index (κ1) is 10.8. The summed E-state index contributed by atoms with van der Waals surface area (Å²) in [5.74, 6) is 0. The van der Waals surface area contributed by atoms with Crippen molar-refractivity contribution in [1.29, 1.82) is 0 Å². The molecule has 0 fully saturated rings. The Morgan fingerprint density at radius 2 is 1.69 bits per heavy atom. The van der Waals surface area contributed by atoms with Crippen LogP contribution in [0.15, 0.2) is 62.0 Å². The molecule has 0 bridgehead atoms. The highest BCUT2D eigenvalue weighted by molar-refractivity contribution is 8.19. The zero-order valence-electron chi connectivity index (χ0n) is 8.11. The van der Waals surface area contributed by atoms with E-state index in [1.807, 2.05) is 24.3 Å². The predicted octanol–water partition coefficient (Wildman–Crippen LogP) is 4.99. The molecular weight excluding hydrogens is 279 g/mol. The lowest BCUT2D eigenvalue weighted by Gasteiger charge is -2.14. The van der Waals surface area contributed by atoms with Crippen LogP contribution in [0, 0.1) is 0 Å². The van der Waals surface area contributed by atoms with Crippen LogP contribution in [0.3, 0.4) is 0 Å². The first-order chi connectivity index (χ1) is 7.77. The van der Waals surface area contributed by atoms with Crippen molar-refractivity contribution in [3.8, 4) is 0 Å². The van der Waals surface area contributed by atoms with Gasteiger partial charge in [0.2, 0.25) is 4.90 Å². The third-order valence-electron chi connectivity index (χ3n) is 2.37. The Bertz CT molecular complexity index is 554. The van der Waals surface area contributed by atoms with Crippen molar-refractivity contribution in [2.24, 2.45) is 0 Å². The average molecular weight is 286 g/mol. The molecule has 80 valence electrons. The molecule has 0 spiro atoms. The molecule has 4 heteroatoms. The number of fused-ring (bicyclic) bond motifs is 2. The molecule has 0 nitrogen and oxygen atoms in total. The Labute approximate surface area is 111 Å². The molecule has 0 saturated carbocycles. The van der Waals surface area contributed by atoms with Gasteiger partial charge in [0.15, 0.2) is 25.7 Å². The lowest BCUT2D eigenvalue weighted by molar-refractivity contribution is 1.15. The first-order valence-corrected chi connectivity index (χ1v) is 7.98. The van der Waals surface area contributed by atoms with E-state index in [0.29, 0.717) is 0 Å². The normalized spacial score (nSPS) is 17.8. The van der Waals surface area contributed by atoms with Crippen molar-refractivity contribution in [3.63, 3.8) is 0 Å². The van der Waals surface area contributed by atoms with Gasteiger partial charge in [-0.3, -0.25) is 0 Å². The maximum atomic E-state index is 6.51. The van der Waals surface area contributed by atoms with Crippen LogP contribution in [0.5, 0.6) is 0 Å². The van der Waals surface area contributed by atoms with Crippen molar-refractivity contribution < 1.29 is 0 Å². The van der Waals surface area contributed by atoms with Crippen LogP contribution in [0.1, 0.15) is 0 Å². The third kappa shape index (κ3) is 1.65. The monoisotopic (exact) mass is 285 g/mol. The Morgan fingerprint density at radius 1 is 0.938 bits per heavy atom. The maximum absolute atomic E-state index is 6.51. The second kappa shape index (κ2) is 4.19. The topological polar surface area (TPSA) is 0 Å². The van der Waals surface area contributed by atoms with E-state index in [-0.39, 0.29) is 0 Å². The van der Waals surface area contributed by atoms with Crippen LogP contribution < -0.4 is 0 Å². The Morgan fingerprint density at radius 3 is 2.56 bits per heavy atom. The van der Waals surface area contributed by atoms with E-state index in [4.69, 9.17) is 22.3 Å². The number of hydrogen-bond donors (Lipinski definition) is 0. The van der Waals surface area contributed by atoms with Crippen molar-refractivity contribution in [2.75, 3.05) is 0 Å². The molecule has 1 heterocycles. The molecule has 0 radical (unpaired) electrons. The summed E-state index contributed by atoms with van der Waals surface area (Å²) >= 11 is 7.95. The molecule has 0 N–H and O–H groups in total. The van der Waals surface area contributed by atoms with E-state index in [9.17, 15) is 0 Å². The van der Waals surface area contributed by atoms with Gasteiger partial charge in [-0.15, -0.1) is 0 Å². The zero-order valence-corrected chi connectivity index (χ0v) is 11.3. The Balaban J connectivity index is 2.23. The highest BCUT2D eigenvalue weighted by Crippen LogP contribution is 2.49. The molecule has 16 heavy (non-hydrogen) atoms. The van der Waals surface area contributed by atoms with Crippen molar-refractivity contribution in [1.82, 2.24) is 0 Å². The summed E-state index contributed by atoms with van der Waals surface area (Å²) < 4.78 is 0. The van der Waals surface area contributed by atoms with Crippen LogP contribution in [0.4, 0.5) is 0 Å². The lowest BCUT2D eigenvalue weighted by Crippen LogP contribution is -2.04. The quantitative estimate of drug-likeness (QED) is 0.614. The summed E-state index contributed by atoms with van der Waals surface area (Å²) in [6.45, 7) is 0. The van der Waals surface area contributed by atoms with Crippen LogP contribution in [-0.2, 0) is 10.1 Å². The van der Waals surface area contributed by atoms with Gasteiger partial charge >= 0.3 is 0 Å². The van der Waals surface area contributed by atoms with Crippen LogP contribution in [-0.4, -0.2) is 0 Å². The molecule has 2 aromatic rings. The minimum absolute atomic E-state index is 0.432. The van der Waals surface area contributed by atoms with Gasteiger partial charge in [-0.05, 0) is 24.3 Å². The van der Waals surface area contributed by atoms with E-state index in [1.165, 1.54) is 14.7 Å². The van der Waals surface area contributed by atoms with Crippen molar-refractivity contribution in [3.05, 3.63) is 47.5 Å². The lowest BCUT2D eigenvalue weighted by atomic mass is 10.3. The standard InChI is InChI=1S/C12H7Cl2S2/c13-8-4-3-6-10-12(8)16(14)11-7-2-1-5-9(11)15-10/h1-7H/q+1. The molecule has 1 aliphatic rings. The summed E-state index contributed by atoms with van der Waals surface area (Å²) in [4.78, 5) is 4.64. The SMILES string of the molecule is Clc1cccc2c1[S+](Cl)c1ccccc1S2. The third-order valence-corrected chi connectivity index (χ3v) is 6.70. The summed E-state index contributed by atoms with van der Waals surface area (Å²) in [5, 5.41) is 0.762. The fraction of sp³-hybridized carbons (Fsp3) is 0. The zero-order chi connectivity index (χ0) is 11.1. The molecule has 1 unspecified atom stereocenters. The molecule has 1 atom stereocenters. The fourth-order valence-electron chi connectivity index (χ4n) is 1.65. The molecule has 0 saturated heterocycles. The van der Waals surface area contributed by atoms with Gasteiger partial charge in [0.25, 0.3) is 0 Å². The van der Waals surface area contributed by atoms with Gasteiger partial charge in [0, 0.05) is 0 Å².